The third-order valence-electron chi connectivity index (χ3n) is 4.32. The lowest BCUT2D eigenvalue weighted by atomic mass is 9.97. The van der Waals surface area contributed by atoms with Crippen molar-refractivity contribution >= 4 is 11.9 Å². The van der Waals surface area contributed by atoms with Gasteiger partial charge in [-0.2, -0.15) is 0 Å². The average Bonchev–Trinajstić information content (AvgIpc) is 2.63. The van der Waals surface area contributed by atoms with Crippen LogP contribution in [0.3, 0.4) is 0 Å². The Morgan fingerprint density at radius 2 is 1.96 bits per heavy atom. The van der Waals surface area contributed by atoms with Crippen molar-refractivity contribution in [3.8, 4) is 0 Å². The number of carbonyl (C=O) groups is 1. The summed E-state index contributed by atoms with van der Waals surface area (Å²) in [6.45, 7) is 7.36. The molecule has 5 nitrogen and oxygen atoms in total. The summed E-state index contributed by atoms with van der Waals surface area (Å²) in [5, 5.41) is 3.32. The molecule has 1 N–H and O–H groups in total. The summed E-state index contributed by atoms with van der Waals surface area (Å²) in [4.78, 5) is 18.7. The van der Waals surface area contributed by atoms with Gasteiger partial charge in [-0.15, -0.1) is 0 Å². The molecule has 0 atom stereocenters. The van der Waals surface area contributed by atoms with E-state index in [1.54, 1.807) is 12.1 Å². The van der Waals surface area contributed by atoms with E-state index in [4.69, 9.17) is 4.74 Å². The van der Waals surface area contributed by atoms with Crippen LogP contribution in [0.25, 0.3) is 0 Å². The lowest BCUT2D eigenvalue weighted by Crippen LogP contribution is -2.46. The summed E-state index contributed by atoms with van der Waals surface area (Å²) < 4.78 is 18.1. The number of hydrogen-bond acceptors (Lipinski definition) is 3. The number of aliphatic imine (C=N–C) groups is 1. The highest BCUT2D eigenvalue weighted by Gasteiger charge is 2.27. The molecule has 0 amide bonds. The monoisotopic (exact) mass is 349 g/mol. The van der Waals surface area contributed by atoms with Gasteiger partial charge in [-0.1, -0.05) is 12.1 Å². The minimum absolute atomic E-state index is 0.00158. The Morgan fingerprint density at radius 1 is 1.28 bits per heavy atom. The van der Waals surface area contributed by atoms with Crippen molar-refractivity contribution in [3.05, 3.63) is 35.6 Å². The Bertz CT molecular complexity index is 567. The molecule has 0 radical (unpaired) electrons. The van der Waals surface area contributed by atoms with Gasteiger partial charge in [0, 0.05) is 26.2 Å². The molecule has 0 aliphatic carbocycles. The van der Waals surface area contributed by atoms with Crippen LogP contribution < -0.4 is 5.32 Å². The van der Waals surface area contributed by atoms with Crippen LogP contribution in [0.2, 0.25) is 0 Å². The first kappa shape index (κ1) is 19.2. The lowest BCUT2D eigenvalue weighted by molar-refractivity contribution is -0.149. The molecule has 0 aromatic heterocycles. The smallest absolute Gasteiger partial charge is 0.309 e. The molecule has 0 saturated carbocycles. The fourth-order valence-corrected chi connectivity index (χ4v) is 2.95. The van der Waals surface area contributed by atoms with E-state index in [1.165, 1.54) is 12.1 Å². The van der Waals surface area contributed by atoms with Gasteiger partial charge >= 0.3 is 5.97 Å². The van der Waals surface area contributed by atoms with Crippen LogP contribution in [0.4, 0.5) is 4.39 Å². The Balaban J connectivity index is 1.87. The van der Waals surface area contributed by atoms with E-state index in [-0.39, 0.29) is 17.7 Å². The second-order valence-corrected chi connectivity index (χ2v) is 6.13. The highest BCUT2D eigenvalue weighted by molar-refractivity contribution is 5.80. The number of likely N-dealkylation sites (tertiary alicyclic amines) is 1. The molecule has 0 bridgehead atoms. The van der Waals surface area contributed by atoms with Gasteiger partial charge in [-0.05, 0) is 50.8 Å². The summed E-state index contributed by atoms with van der Waals surface area (Å²) in [5.41, 5.74) is 1.07. The number of nitrogens with one attached hydrogen (secondary N) is 1. The van der Waals surface area contributed by atoms with E-state index < -0.39 is 0 Å². The third-order valence-corrected chi connectivity index (χ3v) is 4.32. The highest BCUT2D eigenvalue weighted by atomic mass is 19.1. The number of benzene rings is 1. The molecular formula is C19H28FN3O2. The Labute approximate surface area is 149 Å². The SMILES string of the molecule is CCNC(=NCCc1ccc(F)cc1)N1CCC(C(=O)OCC)CC1. The van der Waals surface area contributed by atoms with Gasteiger partial charge < -0.3 is 15.0 Å². The molecule has 1 aliphatic heterocycles. The molecule has 1 heterocycles. The topological polar surface area (TPSA) is 53.9 Å². The first-order valence-corrected chi connectivity index (χ1v) is 9.08. The first-order valence-electron chi connectivity index (χ1n) is 9.08. The van der Waals surface area contributed by atoms with Gasteiger partial charge in [-0.25, -0.2) is 4.39 Å². The van der Waals surface area contributed by atoms with Crippen LogP contribution in [0, 0.1) is 11.7 Å². The van der Waals surface area contributed by atoms with Crippen molar-refractivity contribution < 1.29 is 13.9 Å². The lowest BCUT2D eigenvalue weighted by Gasteiger charge is -2.33. The molecule has 6 heteroatoms. The quantitative estimate of drug-likeness (QED) is 0.487. The summed E-state index contributed by atoms with van der Waals surface area (Å²) >= 11 is 0. The number of piperidine rings is 1. The van der Waals surface area contributed by atoms with Crippen molar-refractivity contribution in [1.29, 1.82) is 0 Å². The van der Waals surface area contributed by atoms with Crippen molar-refractivity contribution in [2.24, 2.45) is 10.9 Å². The van der Waals surface area contributed by atoms with Gasteiger partial charge in [-0.3, -0.25) is 9.79 Å². The summed E-state index contributed by atoms with van der Waals surface area (Å²) in [6, 6.07) is 6.54. The number of hydrogen-bond donors (Lipinski definition) is 1. The minimum atomic E-state index is -0.218. The summed E-state index contributed by atoms with van der Waals surface area (Å²) in [6.07, 6.45) is 2.36. The van der Waals surface area contributed by atoms with Gasteiger partial charge in [0.15, 0.2) is 5.96 Å². The highest BCUT2D eigenvalue weighted by Crippen LogP contribution is 2.18. The third kappa shape index (κ3) is 6.03. The molecule has 1 saturated heterocycles. The maximum atomic E-state index is 12.9. The second-order valence-electron chi connectivity index (χ2n) is 6.13. The van der Waals surface area contributed by atoms with Crippen LogP contribution >= 0.6 is 0 Å². The maximum Gasteiger partial charge on any atom is 0.309 e. The van der Waals surface area contributed by atoms with Crippen molar-refractivity contribution in [2.45, 2.75) is 33.1 Å². The van der Waals surface area contributed by atoms with E-state index >= 15 is 0 Å². The van der Waals surface area contributed by atoms with Crippen LogP contribution in [0.15, 0.2) is 29.3 Å². The second kappa shape index (κ2) is 10.0. The molecule has 1 fully saturated rings. The Morgan fingerprint density at radius 3 is 2.56 bits per heavy atom. The van der Waals surface area contributed by atoms with Crippen molar-refractivity contribution in [2.75, 3.05) is 32.8 Å². The fourth-order valence-electron chi connectivity index (χ4n) is 2.95. The molecule has 2 rings (SSSR count). The van der Waals surface area contributed by atoms with E-state index in [0.717, 1.165) is 50.4 Å². The zero-order chi connectivity index (χ0) is 18.1. The molecule has 25 heavy (non-hydrogen) atoms. The predicted molar refractivity (Wildman–Crippen MR) is 97.0 cm³/mol. The van der Waals surface area contributed by atoms with Gasteiger partial charge in [0.2, 0.25) is 0 Å². The Hall–Kier alpha value is -2.11. The van der Waals surface area contributed by atoms with Crippen LogP contribution in [-0.2, 0) is 16.0 Å². The van der Waals surface area contributed by atoms with E-state index in [0.29, 0.717) is 13.2 Å². The van der Waals surface area contributed by atoms with Crippen molar-refractivity contribution in [1.82, 2.24) is 10.2 Å². The molecule has 0 spiro atoms. The van der Waals surface area contributed by atoms with Gasteiger partial charge in [0.05, 0.1) is 12.5 Å². The average molecular weight is 349 g/mol. The molecular weight excluding hydrogens is 321 g/mol. The zero-order valence-electron chi connectivity index (χ0n) is 15.1. The number of nitrogens with zero attached hydrogens (tertiary/aromatic N) is 2. The number of rotatable bonds is 6. The molecule has 1 aromatic carbocycles. The van der Waals surface area contributed by atoms with Crippen LogP contribution in [-0.4, -0.2) is 49.6 Å². The zero-order valence-corrected chi connectivity index (χ0v) is 15.1. The molecule has 0 unspecified atom stereocenters. The number of halogens is 1. The van der Waals surface area contributed by atoms with E-state index in [2.05, 4.69) is 15.2 Å². The number of guanidine groups is 1. The van der Waals surface area contributed by atoms with Gasteiger partial charge in [0.1, 0.15) is 5.82 Å². The fraction of sp³-hybridized carbons (Fsp3) is 0.579. The van der Waals surface area contributed by atoms with E-state index in [1.807, 2.05) is 13.8 Å². The van der Waals surface area contributed by atoms with E-state index in [9.17, 15) is 9.18 Å². The first-order chi connectivity index (χ1) is 12.1. The predicted octanol–water partition coefficient (Wildman–Crippen LogP) is 2.61. The van der Waals surface area contributed by atoms with Gasteiger partial charge in [0.25, 0.3) is 0 Å². The largest absolute Gasteiger partial charge is 0.466 e. The normalized spacial score (nSPS) is 16.0. The number of ether oxygens (including phenoxy) is 1. The van der Waals surface area contributed by atoms with Crippen LogP contribution in [0.1, 0.15) is 32.3 Å². The molecule has 1 aliphatic rings. The summed E-state index contributed by atoms with van der Waals surface area (Å²) in [5.74, 6) is 0.579. The Kier molecular flexibility index (Phi) is 7.70. The molecule has 1 aromatic rings. The number of esters is 1. The molecule has 138 valence electrons. The number of carbonyl (C=O) groups excluding carboxylic acids is 1. The minimum Gasteiger partial charge on any atom is -0.466 e. The maximum absolute atomic E-state index is 12.9. The standard InChI is InChI=1S/C19H28FN3O2/c1-3-21-19(22-12-9-15-5-7-17(20)8-6-15)23-13-10-16(11-14-23)18(24)25-4-2/h5-8,16H,3-4,9-14H2,1-2H3,(H,21,22). The summed E-state index contributed by atoms with van der Waals surface area (Å²) in [7, 11) is 0. The van der Waals surface area contributed by atoms with Crippen LogP contribution in [0.5, 0.6) is 0 Å². The van der Waals surface area contributed by atoms with Crippen molar-refractivity contribution in [3.63, 3.8) is 0 Å².